The van der Waals surface area contributed by atoms with Gasteiger partial charge >= 0.3 is 5.97 Å². The number of primary amides is 1. The number of anilines is 1. The Hall–Kier alpha value is -2.09. The van der Waals surface area contributed by atoms with Gasteiger partial charge in [-0.15, -0.1) is 0 Å². The largest absolute Gasteiger partial charge is 0.464 e. The summed E-state index contributed by atoms with van der Waals surface area (Å²) < 4.78 is 11.4. The van der Waals surface area contributed by atoms with Crippen molar-refractivity contribution in [2.24, 2.45) is 5.73 Å². The minimum atomic E-state index is -0.742. The molecule has 1 aromatic heterocycles. The number of methoxy groups -OCH3 is 1. The molecule has 0 atom stereocenters. The number of ether oxygens (including phenoxy) is 2. The van der Waals surface area contributed by atoms with Crippen molar-refractivity contribution in [1.29, 1.82) is 0 Å². The van der Waals surface area contributed by atoms with E-state index >= 15 is 0 Å². The molecule has 0 aromatic carbocycles. The van der Waals surface area contributed by atoms with Crippen LogP contribution in [0.4, 0.5) is 5.69 Å². The molecule has 1 amide bonds. The zero-order chi connectivity index (χ0) is 14.7. The molecule has 8 heteroatoms. The van der Waals surface area contributed by atoms with E-state index in [9.17, 15) is 9.59 Å². The Bertz CT molecular complexity index is 522. The summed E-state index contributed by atoms with van der Waals surface area (Å²) in [5.74, 6) is -1.45. The van der Waals surface area contributed by atoms with E-state index in [-0.39, 0.29) is 23.2 Å². The Labute approximate surface area is 116 Å². The van der Waals surface area contributed by atoms with Crippen molar-refractivity contribution in [3.05, 3.63) is 11.4 Å². The van der Waals surface area contributed by atoms with Gasteiger partial charge in [-0.25, -0.2) is 4.79 Å². The van der Waals surface area contributed by atoms with Gasteiger partial charge in [0.05, 0.1) is 32.1 Å². The van der Waals surface area contributed by atoms with E-state index in [2.05, 4.69) is 9.84 Å². The van der Waals surface area contributed by atoms with Crippen LogP contribution in [0.15, 0.2) is 0 Å². The van der Waals surface area contributed by atoms with Crippen LogP contribution in [0.25, 0.3) is 0 Å². The molecule has 1 saturated carbocycles. The van der Waals surface area contributed by atoms with Gasteiger partial charge < -0.3 is 20.9 Å². The van der Waals surface area contributed by atoms with Crippen LogP contribution in [0.2, 0.25) is 0 Å². The Morgan fingerprint density at radius 3 is 2.65 bits per heavy atom. The fourth-order valence-corrected chi connectivity index (χ4v) is 1.99. The highest BCUT2D eigenvalue weighted by atomic mass is 16.5. The third kappa shape index (κ3) is 2.74. The van der Waals surface area contributed by atoms with E-state index in [1.54, 1.807) is 0 Å². The molecule has 0 saturated heterocycles. The van der Waals surface area contributed by atoms with Gasteiger partial charge in [0.2, 0.25) is 0 Å². The first-order chi connectivity index (χ1) is 9.54. The number of esters is 1. The van der Waals surface area contributed by atoms with Gasteiger partial charge in [0.25, 0.3) is 5.91 Å². The molecule has 2 rings (SSSR count). The fourth-order valence-electron chi connectivity index (χ4n) is 1.99. The minimum Gasteiger partial charge on any atom is -0.464 e. The molecule has 110 valence electrons. The Kier molecular flexibility index (Phi) is 4.23. The normalized spacial score (nSPS) is 14.8. The Balaban J connectivity index is 2.12. The molecule has 0 unspecified atom stereocenters. The third-order valence-electron chi connectivity index (χ3n) is 3.31. The van der Waals surface area contributed by atoms with E-state index in [0.717, 1.165) is 12.8 Å². The van der Waals surface area contributed by atoms with E-state index < -0.39 is 11.9 Å². The molecule has 0 radical (unpaired) electrons. The van der Waals surface area contributed by atoms with Gasteiger partial charge in [-0.05, 0) is 19.3 Å². The molecule has 0 bridgehead atoms. The van der Waals surface area contributed by atoms with Crippen molar-refractivity contribution < 1.29 is 19.1 Å². The number of nitrogen functional groups attached to an aromatic ring is 1. The summed E-state index contributed by atoms with van der Waals surface area (Å²) in [6, 6.07) is 0. The predicted molar refractivity (Wildman–Crippen MR) is 70.1 cm³/mol. The summed E-state index contributed by atoms with van der Waals surface area (Å²) in [5, 5.41) is 3.98. The molecule has 1 aliphatic rings. The Morgan fingerprint density at radius 2 is 2.15 bits per heavy atom. The number of rotatable bonds is 6. The molecule has 1 heterocycles. The number of aromatic nitrogens is 2. The molecule has 20 heavy (non-hydrogen) atoms. The van der Waals surface area contributed by atoms with Crippen LogP contribution in [0.3, 0.4) is 0 Å². The van der Waals surface area contributed by atoms with Crippen molar-refractivity contribution in [1.82, 2.24) is 9.78 Å². The monoisotopic (exact) mass is 282 g/mol. The lowest BCUT2D eigenvalue weighted by Gasteiger charge is -2.25. The van der Waals surface area contributed by atoms with Crippen molar-refractivity contribution in [3.63, 3.8) is 0 Å². The van der Waals surface area contributed by atoms with E-state index in [4.69, 9.17) is 16.2 Å². The summed E-state index contributed by atoms with van der Waals surface area (Å²) in [6.45, 7) is 0.683. The number of nitrogens with zero attached hydrogens (tertiary/aromatic N) is 2. The highest BCUT2D eigenvalue weighted by molar-refractivity contribution is 6.03. The Morgan fingerprint density at radius 1 is 1.45 bits per heavy atom. The van der Waals surface area contributed by atoms with E-state index in [1.165, 1.54) is 18.2 Å². The second-order valence-corrected chi connectivity index (χ2v) is 4.61. The number of carbonyl (C=O) groups excluding carboxylic acids is 2. The average molecular weight is 282 g/mol. The number of hydrogen-bond donors (Lipinski definition) is 2. The highest BCUT2D eigenvalue weighted by Gasteiger charge is 2.25. The second-order valence-electron chi connectivity index (χ2n) is 4.61. The third-order valence-corrected chi connectivity index (χ3v) is 3.31. The number of nitrogens with two attached hydrogens (primary N) is 2. The van der Waals surface area contributed by atoms with Crippen molar-refractivity contribution in [3.8, 4) is 0 Å². The lowest BCUT2D eigenvalue weighted by molar-refractivity contribution is -0.00257. The lowest BCUT2D eigenvalue weighted by Crippen LogP contribution is -2.25. The SMILES string of the molecule is COC(=O)c1nn(CCOC2CCC2)c(C(N)=O)c1N. The van der Waals surface area contributed by atoms with Gasteiger partial charge in [0, 0.05) is 0 Å². The van der Waals surface area contributed by atoms with Crippen molar-refractivity contribution in [2.75, 3.05) is 19.5 Å². The van der Waals surface area contributed by atoms with Crippen LogP contribution >= 0.6 is 0 Å². The van der Waals surface area contributed by atoms with E-state index in [0.29, 0.717) is 13.2 Å². The quantitative estimate of drug-likeness (QED) is 0.703. The van der Waals surface area contributed by atoms with Gasteiger partial charge in [0.1, 0.15) is 5.69 Å². The lowest BCUT2D eigenvalue weighted by atomic mass is 9.96. The molecule has 1 fully saturated rings. The molecule has 0 spiro atoms. The summed E-state index contributed by atoms with van der Waals surface area (Å²) in [7, 11) is 1.21. The molecular weight excluding hydrogens is 264 g/mol. The summed E-state index contributed by atoms with van der Waals surface area (Å²) in [5.41, 5.74) is 10.8. The van der Waals surface area contributed by atoms with Gasteiger partial charge in [0.15, 0.2) is 5.69 Å². The maximum Gasteiger partial charge on any atom is 0.360 e. The molecule has 8 nitrogen and oxygen atoms in total. The number of hydrogen-bond acceptors (Lipinski definition) is 6. The predicted octanol–water partition coefficient (Wildman–Crippen LogP) is -0.0801. The first kappa shape index (κ1) is 14.3. The van der Waals surface area contributed by atoms with Crippen molar-refractivity contribution in [2.45, 2.75) is 31.9 Å². The molecule has 0 aliphatic heterocycles. The number of carbonyl (C=O) groups is 2. The topological polar surface area (TPSA) is 122 Å². The number of amides is 1. The summed E-state index contributed by atoms with van der Waals surface area (Å²) in [6.07, 6.45) is 3.56. The van der Waals surface area contributed by atoms with Crippen molar-refractivity contribution >= 4 is 17.6 Å². The maximum atomic E-state index is 11.5. The summed E-state index contributed by atoms with van der Waals surface area (Å²) in [4.78, 5) is 22.9. The first-order valence-electron chi connectivity index (χ1n) is 6.40. The zero-order valence-electron chi connectivity index (χ0n) is 11.3. The average Bonchev–Trinajstić information content (AvgIpc) is 2.68. The minimum absolute atomic E-state index is 0.00242. The first-order valence-corrected chi connectivity index (χ1v) is 6.40. The van der Waals surface area contributed by atoms with E-state index in [1.807, 2.05) is 0 Å². The second kappa shape index (κ2) is 5.91. The smallest absolute Gasteiger partial charge is 0.360 e. The van der Waals surface area contributed by atoms with Crippen LogP contribution in [0.1, 0.15) is 40.2 Å². The van der Waals surface area contributed by atoms with Crippen LogP contribution in [-0.4, -0.2) is 41.5 Å². The van der Waals surface area contributed by atoms with Crippen LogP contribution < -0.4 is 11.5 Å². The van der Waals surface area contributed by atoms with Crippen LogP contribution in [0, 0.1) is 0 Å². The highest BCUT2D eigenvalue weighted by Crippen LogP contribution is 2.22. The molecule has 1 aliphatic carbocycles. The molecule has 4 N–H and O–H groups in total. The zero-order valence-corrected chi connectivity index (χ0v) is 11.3. The van der Waals surface area contributed by atoms with Gasteiger partial charge in [-0.3, -0.25) is 9.48 Å². The molecule has 1 aromatic rings. The molecular formula is C12H18N4O4. The van der Waals surface area contributed by atoms with Gasteiger partial charge in [-0.2, -0.15) is 5.10 Å². The fraction of sp³-hybridized carbons (Fsp3) is 0.583. The van der Waals surface area contributed by atoms with Crippen LogP contribution in [0.5, 0.6) is 0 Å². The maximum absolute atomic E-state index is 11.5. The summed E-state index contributed by atoms with van der Waals surface area (Å²) >= 11 is 0. The van der Waals surface area contributed by atoms with Gasteiger partial charge in [-0.1, -0.05) is 0 Å². The standard InChI is InChI=1S/C12H18N4O4/c1-19-12(18)9-8(13)10(11(14)17)16(15-9)5-6-20-7-3-2-4-7/h7H,2-6,13H2,1H3,(H2,14,17). The van der Waals surface area contributed by atoms with Crippen LogP contribution in [-0.2, 0) is 16.0 Å².